The predicted molar refractivity (Wildman–Crippen MR) is 209 cm³/mol. The lowest BCUT2D eigenvalue weighted by Crippen LogP contribution is -2.59. The smallest absolute Gasteiger partial charge is 0.408 e. The first-order valence-corrected chi connectivity index (χ1v) is 18.6. The van der Waals surface area contributed by atoms with E-state index in [0.717, 1.165) is 11.1 Å². The zero-order chi connectivity index (χ0) is 40.2. The SMILES string of the molecule is C=C[C@H]1CC1(NC(=O)[C@@H]1C[C@@H](Oc2cc(-c3ccccc3)nc3cc(OC)ccc23)CN1C(=O)[C@@H](NC(=O)OC(C)(C)C)[C@H](C)OCc1ccccc1)C(=O)O. The summed E-state index contributed by atoms with van der Waals surface area (Å²) in [6, 6.07) is 23.7. The van der Waals surface area contributed by atoms with Crippen LogP contribution in [0.5, 0.6) is 11.5 Å². The fourth-order valence-corrected chi connectivity index (χ4v) is 6.92. The first-order chi connectivity index (χ1) is 26.7. The van der Waals surface area contributed by atoms with Gasteiger partial charge in [0.15, 0.2) is 0 Å². The van der Waals surface area contributed by atoms with Gasteiger partial charge in [0.2, 0.25) is 11.8 Å². The van der Waals surface area contributed by atoms with Gasteiger partial charge in [-0.25, -0.2) is 14.6 Å². The van der Waals surface area contributed by atoms with Crippen molar-refractivity contribution in [2.75, 3.05) is 13.7 Å². The molecule has 2 heterocycles. The molecule has 2 fully saturated rings. The molecule has 1 saturated heterocycles. The van der Waals surface area contributed by atoms with Gasteiger partial charge < -0.3 is 39.6 Å². The topological polar surface area (TPSA) is 166 Å². The van der Waals surface area contributed by atoms with Gasteiger partial charge in [0.1, 0.15) is 40.8 Å². The number of pyridine rings is 1. The number of benzene rings is 3. The van der Waals surface area contributed by atoms with Gasteiger partial charge in [-0.1, -0.05) is 66.7 Å². The third-order valence-electron chi connectivity index (χ3n) is 9.98. The Morgan fingerprint density at radius 1 is 1.04 bits per heavy atom. The number of alkyl carbamates (subject to hydrolysis) is 1. The Kier molecular flexibility index (Phi) is 11.7. The molecule has 3 amide bonds. The molecule has 13 heteroatoms. The zero-order valence-corrected chi connectivity index (χ0v) is 32.2. The molecule has 3 aromatic carbocycles. The van der Waals surface area contributed by atoms with Crippen molar-refractivity contribution < 1.29 is 43.2 Å². The summed E-state index contributed by atoms with van der Waals surface area (Å²) in [6.45, 7) is 10.6. The Labute approximate surface area is 326 Å². The quantitative estimate of drug-likeness (QED) is 0.132. The van der Waals surface area contributed by atoms with Crippen molar-refractivity contribution in [2.24, 2.45) is 5.92 Å². The van der Waals surface area contributed by atoms with E-state index in [-0.39, 0.29) is 26.0 Å². The number of rotatable bonds is 14. The molecule has 13 nitrogen and oxygen atoms in total. The van der Waals surface area contributed by atoms with E-state index in [4.69, 9.17) is 23.9 Å². The highest BCUT2D eigenvalue weighted by atomic mass is 16.6. The first-order valence-electron chi connectivity index (χ1n) is 18.6. The summed E-state index contributed by atoms with van der Waals surface area (Å²) in [5.74, 6) is -1.90. The summed E-state index contributed by atoms with van der Waals surface area (Å²) < 4.78 is 23.8. The number of fused-ring (bicyclic) bond motifs is 1. The maximum atomic E-state index is 14.8. The van der Waals surface area contributed by atoms with Gasteiger partial charge in [-0.15, -0.1) is 6.58 Å². The lowest BCUT2D eigenvalue weighted by atomic mass is 10.1. The monoisotopic (exact) mass is 764 g/mol. The molecule has 56 heavy (non-hydrogen) atoms. The Morgan fingerprint density at radius 2 is 1.73 bits per heavy atom. The van der Waals surface area contributed by atoms with E-state index in [9.17, 15) is 24.3 Å². The number of hydrogen-bond donors (Lipinski definition) is 3. The summed E-state index contributed by atoms with van der Waals surface area (Å²) >= 11 is 0. The fourth-order valence-electron chi connectivity index (χ4n) is 6.92. The summed E-state index contributed by atoms with van der Waals surface area (Å²) in [4.78, 5) is 60.7. The normalized spacial score (nSPS) is 21.4. The molecule has 294 valence electrons. The summed E-state index contributed by atoms with van der Waals surface area (Å²) in [5.41, 5.74) is 0.543. The van der Waals surface area contributed by atoms with E-state index in [1.54, 1.807) is 46.9 Å². The lowest BCUT2D eigenvalue weighted by Gasteiger charge is -2.32. The highest BCUT2D eigenvalue weighted by Gasteiger charge is 2.61. The van der Waals surface area contributed by atoms with Gasteiger partial charge in [-0.3, -0.25) is 9.59 Å². The number of likely N-dealkylation sites (tertiary alicyclic amines) is 1. The molecule has 0 radical (unpaired) electrons. The van der Waals surface area contributed by atoms with Crippen LogP contribution in [0.4, 0.5) is 4.79 Å². The number of nitrogens with one attached hydrogen (secondary N) is 2. The van der Waals surface area contributed by atoms with Gasteiger partial charge >= 0.3 is 12.1 Å². The van der Waals surface area contributed by atoms with Crippen molar-refractivity contribution in [3.05, 3.63) is 103 Å². The van der Waals surface area contributed by atoms with Crippen LogP contribution in [0.3, 0.4) is 0 Å². The van der Waals surface area contributed by atoms with Crippen LogP contribution in [0, 0.1) is 5.92 Å². The van der Waals surface area contributed by atoms with Crippen molar-refractivity contribution in [1.82, 2.24) is 20.5 Å². The maximum absolute atomic E-state index is 14.8. The van der Waals surface area contributed by atoms with Crippen LogP contribution in [0.25, 0.3) is 22.2 Å². The lowest BCUT2D eigenvalue weighted by molar-refractivity contribution is -0.146. The minimum absolute atomic E-state index is 0.0189. The van der Waals surface area contributed by atoms with Gasteiger partial charge in [-0.2, -0.15) is 0 Å². The van der Waals surface area contributed by atoms with Crippen LogP contribution in [0.1, 0.15) is 46.1 Å². The molecule has 1 unspecified atom stereocenters. The Bertz CT molecular complexity index is 2090. The molecular formula is C43H48N4O9. The fraction of sp³-hybridized carbons (Fsp3) is 0.372. The number of nitrogens with zero attached hydrogens (tertiary/aromatic N) is 2. The molecule has 1 aromatic heterocycles. The third-order valence-corrected chi connectivity index (χ3v) is 9.98. The predicted octanol–water partition coefficient (Wildman–Crippen LogP) is 5.90. The zero-order valence-electron chi connectivity index (χ0n) is 32.2. The molecule has 6 atom stereocenters. The standard InChI is InChI=1S/C43H48N4O9/c1-7-29-23-43(29,40(50)51)46-38(48)35-21-31(55-36-22-33(28-16-12-9-13-17-28)44-34-20-30(53-6)18-19-32(34)36)24-47(35)39(49)37(45-41(52)56-42(3,4)5)26(2)54-25-27-14-10-8-11-15-27/h7-20,22,26,29,31,35,37H,1,21,23-25H2,2-6H3,(H,45,52)(H,46,48)(H,50,51)/t26-,29-,31+,35-,37-,43?/m0/s1. The second-order valence-electron chi connectivity index (χ2n) is 15.2. The van der Waals surface area contributed by atoms with E-state index in [1.807, 2.05) is 72.8 Å². The number of aromatic nitrogens is 1. The molecule has 1 aliphatic carbocycles. The average Bonchev–Trinajstić information content (AvgIpc) is 3.74. The third kappa shape index (κ3) is 8.94. The van der Waals surface area contributed by atoms with E-state index < -0.39 is 65.2 Å². The van der Waals surface area contributed by atoms with Gasteiger partial charge in [0, 0.05) is 35.4 Å². The van der Waals surface area contributed by atoms with Crippen molar-refractivity contribution in [3.8, 4) is 22.8 Å². The summed E-state index contributed by atoms with van der Waals surface area (Å²) in [5, 5.41) is 16.2. The van der Waals surface area contributed by atoms with Gasteiger partial charge in [0.25, 0.3) is 0 Å². The van der Waals surface area contributed by atoms with E-state index >= 15 is 0 Å². The second kappa shape index (κ2) is 16.4. The number of hydrogen-bond acceptors (Lipinski definition) is 9. The van der Waals surface area contributed by atoms with Crippen LogP contribution in [0.2, 0.25) is 0 Å². The number of carboxylic acid groups (broad SMARTS) is 1. The number of amides is 3. The number of methoxy groups -OCH3 is 1. The molecule has 1 saturated carbocycles. The number of carboxylic acids is 1. The van der Waals surface area contributed by atoms with Crippen molar-refractivity contribution in [3.63, 3.8) is 0 Å². The van der Waals surface area contributed by atoms with Gasteiger partial charge in [-0.05, 0) is 51.8 Å². The van der Waals surface area contributed by atoms with E-state index in [0.29, 0.717) is 28.1 Å². The Hall–Kier alpha value is -5.95. The molecule has 1 aliphatic heterocycles. The highest BCUT2D eigenvalue weighted by Crippen LogP contribution is 2.45. The van der Waals surface area contributed by atoms with Crippen LogP contribution >= 0.6 is 0 Å². The number of carbonyl (C=O) groups excluding carboxylic acids is 3. The van der Waals surface area contributed by atoms with Crippen LogP contribution < -0.4 is 20.1 Å². The van der Waals surface area contributed by atoms with Crippen molar-refractivity contribution in [2.45, 2.75) is 82.6 Å². The molecule has 4 aromatic rings. The van der Waals surface area contributed by atoms with Gasteiger partial charge in [0.05, 0.1) is 37.6 Å². The van der Waals surface area contributed by atoms with Crippen LogP contribution in [-0.4, -0.2) is 88.0 Å². The minimum atomic E-state index is -1.54. The second-order valence-corrected chi connectivity index (χ2v) is 15.2. The molecule has 3 N–H and O–H groups in total. The first kappa shape index (κ1) is 39.7. The average molecular weight is 765 g/mol. The molecule has 0 spiro atoms. The molecule has 2 aliphatic rings. The molecule has 6 rings (SSSR count). The largest absolute Gasteiger partial charge is 0.497 e. The number of ether oxygens (including phenoxy) is 4. The summed E-state index contributed by atoms with van der Waals surface area (Å²) in [6.07, 6.45) is -0.777. The maximum Gasteiger partial charge on any atom is 0.408 e. The number of aliphatic carboxylic acids is 1. The van der Waals surface area contributed by atoms with Crippen molar-refractivity contribution in [1.29, 1.82) is 0 Å². The molecular weight excluding hydrogens is 716 g/mol. The van der Waals surface area contributed by atoms with Crippen molar-refractivity contribution >= 4 is 34.8 Å². The van der Waals surface area contributed by atoms with Crippen LogP contribution in [0.15, 0.2) is 97.6 Å². The summed E-state index contributed by atoms with van der Waals surface area (Å²) in [7, 11) is 1.57. The van der Waals surface area contributed by atoms with E-state index in [1.165, 1.54) is 11.0 Å². The number of carbonyl (C=O) groups is 4. The minimum Gasteiger partial charge on any atom is -0.497 e. The molecule has 0 bridgehead atoms. The highest BCUT2D eigenvalue weighted by molar-refractivity contribution is 5.96. The van der Waals surface area contributed by atoms with E-state index in [2.05, 4.69) is 17.2 Å². The van der Waals surface area contributed by atoms with Crippen LogP contribution in [-0.2, 0) is 30.5 Å². The Morgan fingerprint density at radius 3 is 2.36 bits per heavy atom. The Balaban J connectivity index is 1.34.